The Hall–Kier alpha value is 0.540. The standard InChI is InChI=1S/C6H12O4S2/c1-3-7-11-9-5-2-6-10-12-8-4-1/h1-6H2. The Labute approximate surface area is 81.1 Å². The highest BCUT2D eigenvalue weighted by molar-refractivity contribution is 7.90. The average molecular weight is 212 g/mol. The van der Waals surface area contributed by atoms with E-state index < -0.39 is 0 Å². The molecule has 0 atom stereocenters. The van der Waals surface area contributed by atoms with Gasteiger partial charge in [-0.1, -0.05) is 0 Å². The smallest absolute Gasteiger partial charge is 0.158 e. The van der Waals surface area contributed by atoms with Crippen molar-refractivity contribution in [3.05, 3.63) is 0 Å². The molecule has 0 aromatic carbocycles. The Balaban J connectivity index is 2.00. The summed E-state index contributed by atoms with van der Waals surface area (Å²) in [6.07, 6.45) is 1.71. The summed E-state index contributed by atoms with van der Waals surface area (Å²) in [5, 5.41) is 0. The van der Waals surface area contributed by atoms with Crippen molar-refractivity contribution in [2.24, 2.45) is 0 Å². The van der Waals surface area contributed by atoms with Crippen molar-refractivity contribution in [1.29, 1.82) is 0 Å². The molecule has 0 radical (unpaired) electrons. The van der Waals surface area contributed by atoms with Crippen molar-refractivity contribution >= 4 is 24.6 Å². The fraction of sp³-hybridized carbons (Fsp3) is 1.00. The summed E-state index contributed by atoms with van der Waals surface area (Å²) in [7, 11) is 0. The Bertz CT molecular complexity index is 60.5. The van der Waals surface area contributed by atoms with Crippen LogP contribution < -0.4 is 0 Å². The van der Waals surface area contributed by atoms with Crippen LogP contribution in [0, 0.1) is 0 Å². The fourth-order valence-electron chi connectivity index (χ4n) is 0.558. The molecule has 4 nitrogen and oxygen atoms in total. The van der Waals surface area contributed by atoms with E-state index in [2.05, 4.69) is 0 Å². The van der Waals surface area contributed by atoms with Crippen LogP contribution >= 0.6 is 24.6 Å². The van der Waals surface area contributed by atoms with Gasteiger partial charge >= 0.3 is 0 Å². The van der Waals surface area contributed by atoms with Crippen LogP contribution in [-0.4, -0.2) is 26.4 Å². The van der Waals surface area contributed by atoms with Crippen molar-refractivity contribution in [3.8, 4) is 0 Å². The molecule has 0 N–H and O–H groups in total. The molecule has 12 heavy (non-hydrogen) atoms. The van der Waals surface area contributed by atoms with E-state index in [-0.39, 0.29) is 0 Å². The normalized spacial score (nSPS) is 24.0. The molecule has 0 amide bonds. The van der Waals surface area contributed by atoms with Gasteiger partial charge in [-0.05, 0) is 12.8 Å². The van der Waals surface area contributed by atoms with Gasteiger partial charge in [0.2, 0.25) is 0 Å². The van der Waals surface area contributed by atoms with Gasteiger partial charge in [0.1, 0.15) is 0 Å². The molecule has 1 saturated heterocycles. The zero-order valence-corrected chi connectivity index (χ0v) is 8.33. The maximum Gasteiger partial charge on any atom is 0.158 e. The molecule has 0 aliphatic carbocycles. The minimum atomic E-state index is 0.644. The summed E-state index contributed by atoms with van der Waals surface area (Å²) in [6.45, 7) is 2.58. The monoisotopic (exact) mass is 212 g/mol. The van der Waals surface area contributed by atoms with Gasteiger partial charge in [0.05, 0.1) is 26.4 Å². The van der Waals surface area contributed by atoms with E-state index in [0.29, 0.717) is 26.4 Å². The highest BCUT2D eigenvalue weighted by Crippen LogP contribution is 2.11. The SMILES string of the molecule is C1COSOCCCOSOC1. The van der Waals surface area contributed by atoms with Gasteiger partial charge in [-0.25, -0.2) is 0 Å². The predicted molar refractivity (Wildman–Crippen MR) is 48.2 cm³/mol. The summed E-state index contributed by atoms with van der Waals surface area (Å²) >= 11 is 2.10. The fourth-order valence-corrected chi connectivity index (χ4v) is 1.44. The van der Waals surface area contributed by atoms with Gasteiger partial charge in [-0.15, -0.1) is 0 Å². The van der Waals surface area contributed by atoms with Crippen molar-refractivity contribution in [3.63, 3.8) is 0 Å². The van der Waals surface area contributed by atoms with Crippen LogP contribution in [0.1, 0.15) is 12.8 Å². The summed E-state index contributed by atoms with van der Waals surface area (Å²) in [6, 6.07) is 0. The highest BCUT2D eigenvalue weighted by atomic mass is 32.2. The molecular weight excluding hydrogens is 200 g/mol. The first-order chi connectivity index (χ1) is 6.00. The molecule has 0 bridgehead atoms. The Morgan fingerprint density at radius 1 is 0.583 bits per heavy atom. The van der Waals surface area contributed by atoms with Crippen molar-refractivity contribution in [2.75, 3.05) is 26.4 Å². The second-order valence-corrected chi connectivity index (χ2v) is 3.35. The number of rotatable bonds is 0. The van der Waals surface area contributed by atoms with Crippen molar-refractivity contribution in [1.82, 2.24) is 0 Å². The Morgan fingerprint density at radius 2 is 0.917 bits per heavy atom. The lowest BCUT2D eigenvalue weighted by atomic mass is 10.5. The largest absolute Gasteiger partial charge is 0.291 e. The molecule has 72 valence electrons. The Kier molecular flexibility index (Phi) is 7.21. The van der Waals surface area contributed by atoms with E-state index in [1.54, 1.807) is 0 Å². The molecule has 1 aliphatic rings. The molecule has 0 spiro atoms. The predicted octanol–water partition coefficient (Wildman–Crippen LogP) is 1.97. The second kappa shape index (κ2) is 8.15. The number of hydrogen-bond donors (Lipinski definition) is 0. The van der Waals surface area contributed by atoms with Crippen LogP contribution in [-0.2, 0) is 16.7 Å². The zero-order chi connectivity index (χ0) is 8.49. The molecule has 0 saturated carbocycles. The van der Waals surface area contributed by atoms with E-state index in [0.717, 1.165) is 37.5 Å². The summed E-state index contributed by atoms with van der Waals surface area (Å²) < 4.78 is 20.3. The van der Waals surface area contributed by atoms with Crippen LogP contribution in [0.2, 0.25) is 0 Å². The number of hydrogen-bond acceptors (Lipinski definition) is 6. The average Bonchev–Trinajstić information content (AvgIpc) is 2.05. The van der Waals surface area contributed by atoms with E-state index in [1.807, 2.05) is 0 Å². The summed E-state index contributed by atoms with van der Waals surface area (Å²) in [5.74, 6) is 0. The lowest BCUT2D eigenvalue weighted by Crippen LogP contribution is -1.99. The molecule has 0 unspecified atom stereocenters. The van der Waals surface area contributed by atoms with E-state index in [4.69, 9.17) is 16.7 Å². The second-order valence-electron chi connectivity index (χ2n) is 2.13. The van der Waals surface area contributed by atoms with Gasteiger partial charge in [0, 0.05) is 0 Å². The molecule has 1 aliphatic heterocycles. The van der Waals surface area contributed by atoms with Gasteiger partial charge in [-0.3, -0.25) is 16.7 Å². The van der Waals surface area contributed by atoms with E-state index >= 15 is 0 Å². The van der Waals surface area contributed by atoms with Crippen molar-refractivity contribution in [2.45, 2.75) is 12.8 Å². The zero-order valence-electron chi connectivity index (χ0n) is 6.69. The minimum Gasteiger partial charge on any atom is -0.291 e. The third-order valence-electron chi connectivity index (χ3n) is 1.10. The van der Waals surface area contributed by atoms with Gasteiger partial charge in [0.15, 0.2) is 24.6 Å². The maximum absolute atomic E-state index is 5.07. The van der Waals surface area contributed by atoms with E-state index in [9.17, 15) is 0 Å². The lowest BCUT2D eigenvalue weighted by Gasteiger charge is -2.06. The Morgan fingerprint density at radius 3 is 1.25 bits per heavy atom. The van der Waals surface area contributed by atoms with Crippen LogP contribution in [0.25, 0.3) is 0 Å². The molecule has 1 fully saturated rings. The van der Waals surface area contributed by atoms with Gasteiger partial charge in [-0.2, -0.15) is 0 Å². The first-order valence-electron chi connectivity index (χ1n) is 3.82. The first-order valence-corrected chi connectivity index (χ1v) is 5.15. The topological polar surface area (TPSA) is 36.9 Å². The van der Waals surface area contributed by atoms with Crippen molar-refractivity contribution < 1.29 is 16.7 Å². The third-order valence-corrected chi connectivity index (χ3v) is 2.15. The van der Waals surface area contributed by atoms with Crippen LogP contribution in [0.3, 0.4) is 0 Å². The third kappa shape index (κ3) is 6.10. The van der Waals surface area contributed by atoms with Gasteiger partial charge in [0.25, 0.3) is 0 Å². The molecule has 1 rings (SSSR count). The van der Waals surface area contributed by atoms with Gasteiger partial charge < -0.3 is 0 Å². The lowest BCUT2D eigenvalue weighted by molar-refractivity contribution is 0.215. The molecule has 0 aromatic heterocycles. The summed E-state index contributed by atoms with van der Waals surface area (Å²) in [5.41, 5.74) is 0. The highest BCUT2D eigenvalue weighted by Gasteiger charge is 1.97. The maximum atomic E-state index is 5.07. The van der Waals surface area contributed by atoms with E-state index in [1.165, 1.54) is 0 Å². The first kappa shape index (κ1) is 10.6. The molecular formula is C6H12O4S2. The van der Waals surface area contributed by atoms with Crippen LogP contribution in [0.5, 0.6) is 0 Å². The van der Waals surface area contributed by atoms with Crippen LogP contribution in [0.15, 0.2) is 0 Å². The molecule has 0 aromatic rings. The van der Waals surface area contributed by atoms with Crippen LogP contribution in [0.4, 0.5) is 0 Å². The summed E-state index contributed by atoms with van der Waals surface area (Å²) in [4.78, 5) is 0. The quantitative estimate of drug-likeness (QED) is 0.571. The molecule has 1 heterocycles. The minimum absolute atomic E-state index is 0.644. The molecule has 6 heteroatoms.